The van der Waals surface area contributed by atoms with Gasteiger partial charge < -0.3 is 10.2 Å². The number of rotatable bonds is 3. The average molecular weight is 432 g/mol. The Kier molecular flexibility index (Phi) is 5.48. The molecule has 2 aromatic rings. The van der Waals surface area contributed by atoms with Gasteiger partial charge in [-0.15, -0.1) is 0 Å². The maximum atomic E-state index is 13.0. The molecule has 0 fully saturated rings. The molecule has 29 heavy (non-hydrogen) atoms. The number of alkyl halides is 9. The van der Waals surface area contributed by atoms with Gasteiger partial charge in [-0.1, -0.05) is 42.5 Å². The molecule has 0 radical (unpaired) electrons. The molecule has 0 aliphatic carbocycles. The van der Waals surface area contributed by atoms with Crippen LogP contribution in [-0.2, 0) is 11.2 Å². The molecule has 2 nitrogen and oxygen atoms in total. The fraction of sp³-hybridized carbons (Fsp3) is 0.333. The number of aliphatic hydroxyl groups is 2. The van der Waals surface area contributed by atoms with E-state index < -0.39 is 40.9 Å². The first kappa shape index (κ1) is 23.0. The Balaban J connectivity index is 2.50. The van der Waals surface area contributed by atoms with Gasteiger partial charge in [-0.2, -0.15) is 39.5 Å². The minimum atomic E-state index is -6.06. The van der Waals surface area contributed by atoms with Gasteiger partial charge in [0.2, 0.25) is 0 Å². The highest BCUT2D eigenvalue weighted by molar-refractivity contribution is 5.65. The van der Waals surface area contributed by atoms with Crippen LogP contribution in [0.4, 0.5) is 39.5 Å². The normalized spacial score (nSPS) is 15.9. The van der Waals surface area contributed by atoms with E-state index in [1.807, 2.05) is 0 Å². The first-order chi connectivity index (χ1) is 12.9. The Morgan fingerprint density at radius 3 is 1.48 bits per heavy atom. The Labute approximate surface area is 158 Å². The molecule has 0 saturated heterocycles. The van der Waals surface area contributed by atoms with Gasteiger partial charge in [0.1, 0.15) is 0 Å². The Bertz CT molecular complexity index is 849. The molecule has 11 heteroatoms. The van der Waals surface area contributed by atoms with Crippen LogP contribution in [0.15, 0.2) is 48.5 Å². The molecule has 0 saturated carbocycles. The number of halogens is 9. The van der Waals surface area contributed by atoms with Crippen molar-refractivity contribution < 1.29 is 49.7 Å². The third-order valence-electron chi connectivity index (χ3n) is 4.43. The van der Waals surface area contributed by atoms with Crippen molar-refractivity contribution in [2.45, 2.75) is 36.7 Å². The second kappa shape index (κ2) is 6.91. The monoisotopic (exact) mass is 432 g/mol. The van der Waals surface area contributed by atoms with E-state index >= 15 is 0 Å². The van der Waals surface area contributed by atoms with E-state index in [-0.39, 0.29) is 11.1 Å². The van der Waals surface area contributed by atoms with E-state index in [1.165, 1.54) is 6.07 Å². The fourth-order valence-electron chi connectivity index (χ4n) is 2.56. The second-order valence-electron chi connectivity index (χ2n) is 6.43. The van der Waals surface area contributed by atoms with Gasteiger partial charge in [-0.25, -0.2) is 0 Å². The van der Waals surface area contributed by atoms with Gasteiger partial charge in [0.15, 0.2) is 5.60 Å². The molecule has 1 unspecified atom stereocenters. The molecule has 2 aromatic carbocycles. The van der Waals surface area contributed by atoms with Gasteiger partial charge in [-0.05, 0) is 29.7 Å². The zero-order valence-corrected chi connectivity index (χ0v) is 14.4. The zero-order valence-electron chi connectivity index (χ0n) is 14.4. The maximum absolute atomic E-state index is 13.0. The first-order valence-corrected chi connectivity index (χ1v) is 7.79. The van der Waals surface area contributed by atoms with Gasteiger partial charge in [0.05, 0.1) is 0 Å². The standard InChI is InChI=1S/C18H13F9O2/c1-14(28,16(19,20)21)13-4-2-3-11(9-13)10-5-7-12(8-6-10)15(29,17(22,23)24)18(25,26)27/h2-9,28-29H,1H3. The van der Waals surface area contributed by atoms with Crippen molar-refractivity contribution in [2.24, 2.45) is 0 Å². The van der Waals surface area contributed by atoms with Gasteiger partial charge in [-0.3, -0.25) is 0 Å². The summed E-state index contributed by atoms with van der Waals surface area (Å²) in [5.41, 5.74) is -10.4. The Morgan fingerprint density at radius 2 is 1.07 bits per heavy atom. The van der Waals surface area contributed by atoms with Crippen molar-refractivity contribution in [3.8, 4) is 11.1 Å². The van der Waals surface area contributed by atoms with Crippen molar-refractivity contribution >= 4 is 0 Å². The highest BCUT2D eigenvalue weighted by Gasteiger charge is 2.71. The van der Waals surface area contributed by atoms with Crippen LogP contribution in [0, 0.1) is 0 Å². The van der Waals surface area contributed by atoms with E-state index in [9.17, 15) is 49.7 Å². The van der Waals surface area contributed by atoms with E-state index in [0.29, 0.717) is 19.1 Å². The molecular formula is C18H13F9O2. The summed E-state index contributed by atoms with van der Waals surface area (Å²) in [4.78, 5) is 0. The van der Waals surface area contributed by atoms with Crippen molar-refractivity contribution in [3.63, 3.8) is 0 Å². The molecule has 2 rings (SSSR count). The lowest BCUT2D eigenvalue weighted by Gasteiger charge is -2.32. The van der Waals surface area contributed by atoms with Gasteiger partial charge >= 0.3 is 18.5 Å². The summed E-state index contributed by atoms with van der Waals surface area (Å²) in [5, 5.41) is 19.1. The highest BCUT2D eigenvalue weighted by atomic mass is 19.4. The highest BCUT2D eigenvalue weighted by Crippen LogP contribution is 2.50. The van der Waals surface area contributed by atoms with Crippen LogP contribution in [0.25, 0.3) is 11.1 Å². The number of benzene rings is 2. The average Bonchev–Trinajstić information content (AvgIpc) is 2.58. The first-order valence-electron chi connectivity index (χ1n) is 7.79. The molecule has 0 aliphatic heterocycles. The van der Waals surface area contributed by atoms with E-state index in [2.05, 4.69) is 0 Å². The summed E-state index contributed by atoms with van der Waals surface area (Å²) >= 11 is 0. The Morgan fingerprint density at radius 1 is 0.586 bits per heavy atom. The van der Waals surface area contributed by atoms with Crippen LogP contribution in [0.1, 0.15) is 18.1 Å². The lowest BCUT2D eigenvalue weighted by atomic mass is 9.89. The lowest BCUT2D eigenvalue weighted by molar-refractivity contribution is -0.376. The van der Waals surface area contributed by atoms with Gasteiger partial charge in [0, 0.05) is 5.56 Å². The molecule has 0 amide bonds. The SMILES string of the molecule is CC(O)(c1cccc(-c2ccc(C(O)(C(F)(F)F)C(F)(F)F)cc2)c1)C(F)(F)F. The largest absolute Gasteiger partial charge is 0.430 e. The third kappa shape index (κ3) is 3.93. The summed E-state index contributed by atoms with van der Waals surface area (Å²) < 4.78 is 116. The summed E-state index contributed by atoms with van der Waals surface area (Å²) in [7, 11) is 0. The molecule has 0 heterocycles. The number of hydrogen-bond acceptors (Lipinski definition) is 2. The van der Waals surface area contributed by atoms with Crippen molar-refractivity contribution in [2.75, 3.05) is 0 Å². The molecule has 0 aromatic heterocycles. The van der Waals surface area contributed by atoms with Crippen LogP contribution in [-0.4, -0.2) is 28.7 Å². The van der Waals surface area contributed by atoms with Crippen LogP contribution in [0.5, 0.6) is 0 Å². The summed E-state index contributed by atoms with van der Waals surface area (Å²) in [6.45, 7) is 0.502. The molecule has 2 N–H and O–H groups in total. The summed E-state index contributed by atoms with van der Waals surface area (Å²) in [6, 6.07) is 6.61. The van der Waals surface area contributed by atoms with Gasteiger partial charge in [0.25, 0.3) is 5.60 Å². The molecule has 0 bridgehead atoms. The molecule has 0 spiro atoms. The second-order valence-corrected chi connectivity index (χ2v) is 6.43. The lowest BCUT2D eigenvalue weighted by Crippen LogP contribution is -2.53. The van der Waals surface area contributed by atoms with E-state index in [4.69, 9.17) is 0 Å². The predicted molar refractivity (Wildman–Crippen MR) is 83.5 cm³/mol. The van der Waals surface area contributed by atoms with E-state index in [1.54, 1.807) is 0 Å². The zero-order chi connectivity index (χ0) is 22.5. The van der Waals surface area contributed by atoms with E-state index in [0.717, 1.165) is 30.3 Å². The van der Waals surface area contributed by atoms with Crippen molar-refractivity contribution in [1.82, 2.24) is 0 Å². The third-order valence-corrected chi connectivity index (χ3v) is 4.43. The molecular weight excluding hydrogens is 419 g/mol. The Hall–Kier alpha value is -2.27. The molecule has 160 valence electrons. The van der Waals surface area contributed by atoms with Crippen molar-refractivity contribution in [1.29, 1.82) is 0 Å². The quantitative estimate of drug-likeness (QED) is 0.635. The molecule has 0 aliphatic rings. The summed E-state index contributed by atoms with van der Waals surface area (Å²) in [6.07, 6.45) is -17.1. The van der Waals surface area contributed by atoms with Crippen molar-refractivity contribution in [3.05, 3.63) is 59.7 Å². The number of hydrogen-bond donors (Lipinski definition) is 2. The van der Waals surface area contributed by atoms with Crippen LogP contribution < -0.4 is 0 Å². The van der Waals surface area contributed by atoms with Crippen LogP contribution >= 0.6 is 0 Å². The molecule has 1 atom stereocenters. The smallest absolute Gasteiger partial charge is 0.376 e. The topological polar surface area (TPSA) is 40.5 Å². The maximum Gasteiger partial charge on any atom is 0.430 e. The summed E-state index contributed by atoms with van der Waals surface area (Å²) in [5.74, 6) is 0. The predicted octanol–water partition coefficient (Wildman–Crippen LogP) is 5.44. The minimum absolute atomic E-state index is 0.00105. The van der Waals surface area contributed by atoms with Crippen LogP contribution in [0.2, 0.25) is 0 Å². The fourth-order valence-corrected chi connectivity index (χ4v) is 2.56. The van der Waals surface area contributed by atoms with Crippen LogP contribution in [0.3, 0.4) is 0 Å². The minimum Gasteiger partial charge on any atom is -0.376 e.